The predicted molar refractivity (Wildman–Crippen MR) is 56.7 cm³/mol. The van der Waals surface area contributed by atoms with Crippen LogP contribution in [-0.4, -0.2) is 29.7 Å². The summed E-state index contributed by atoms with van der Waals surface area (Å²) < 4.78 is 0. The highest BCUT2D eigenvalue weighted by molar-refractivity contribution is 5.81. The monoisotopic (exact) mass is 202 g/mol. The topological polar surface area (TPSA) is 75.3 Å². The van der Waals surface area contributed by atoms with Crippen LogP contribution in [0.15, 0.2) is 0 Å². The normalized spacial score (nSPS) is 17.6. The molecule has 0 radical (unpaired) electrons. The van der Waals surface area contributed by atoms with Gasteiger partial charge in [0.1, 0.15) is 0 Å². The van der Waals surface area contributed by atoms with E-state index >= 15 is 0 Å². The Bertz CT molecular complexity index is 183. The Labute approximate surface area is 85.9 Å². The average molecular weight is 202 g/mol. The van der Waals surface area contributed by atoms with Crippen LogP contribution in [-0.2, 0) is 4.79 Å². The summed E-state index contributed by atoms with van der Waals surface area (Å²) in [6, 6.07) is -0.513. The van der Waals surface area contributed by atoms with Gasteiger partial charge in [0.15, 0.2) is 0 Å². The molecular formula is C10H22N2O2. The molecule has 0 aliphatic carbocycles. The Balaban J connectivity index is 4.05. The SMILES string of the molecule is CC(CO)C(C)NC(=O)[C@H](N)C(C)C. The largest absolute Gasteiger partial charge is 0.396 e. The Hall–Kier alpha value is -0.610. The first-order valence-corrected chi connectivity index (χ1v) is 5.07. The molecule has 0 aromatic heterocycles. The van der Waals surface area contributed by atoms with Crippen molar-refractivity contribution in [3.05, 3.63) is 0 Å². The third-order valence-corrected chi connectivity index (χ3v) is 2.53. The van der Waals surface area contributed by atoms with Gasteiger partial charge in [-0.3, -0.25) is 4.79 Å². The van der Waals surface area contributed by atoms with Gasteiger partial charge in [-0.05, 0) is 18.8 Å². The number of rotatable bonds is 5. The van der Waals surface area contributed by atoms with Crippen LogP contribution in [0.5, 0.6) is 0 Å². The predicted octanol–water partition coefficient (Wildman–Crippen LogP) is 0.103. The Morgan fingerprint density at radius 2 is 1.86 bits per heavy atom. The summed E-state index contributed by atoms with van der Waals surface area (Å²) in [5.74, 6) is 0.0396. The van der Waals surface area contributed by atoms with Gasteiger partial charge in [0.2, 0.25) is 5.91 Å². The Morgan fingerprint density at radius 1 is 1.36 bits per heavy atom. The summed E-state index contributed by atoms with van der Waals surface area (Å²) in [5.41, 5.74) is 5.68. The number of carbonyl (C=O) groups is 1. The molecule has 0 spiro atoms. The van der Waals surface area contributed by atoms with Crippen LogP contribution in [0.1, 0.15) is 27.7 Å². The van der Waals surface area contributed by atoms with E-state index in [-0.39, 0.29) is 30.4 Å². The molecule has 0 aromatic carbocycles. The number of nitrogens with two attached hydrogens (primary N) is 1. The standard InChI is InChI=1S/C10H22N2O2/c1-6(2)9(11)10(14)12-8(4)7(3)5-13/h6-9,13H,5,11H2,1-4H3,(H,12,14)/t7?,8?,9-/m1/s1. The molecule has 0 aliphatic heterocycles. The highest BCUT2D eigenvalue weighted by atomic mass is 16.3. The maximum atomic E-state index is 11.5. The zero-order valence-corrected chi connectivity index (χ0v) is 9.45. The van der Waals surface area contributed by atoms with E-state index < -0.39 is 6.04 Å². The smallest absolute Gasteiger partial charge is 0.237 e. The van der Waals surface area contributed by atoms with Crippen LogP contribution >= 0.6 is 0 Å². The van der Waals surface area contributed by atoms with Crippen molar-refractivity contribution in [1.29, 1.82) is 0 Å². The third kappa shape index (κ3) is 4.07. The van der Waals surface area contributed by atoms with E-state index in [9.17, 15) is 4.79 Å². The lowest BCUT2D eigenvalue weighted by Gasteiger charge is -2.22. The number of nitrogens with one attached hydrogen (secondary N) is 1. The molecule has 0 saturated heterocycles. The molecule has 0 bridgehead atoms. The molecule has 0 heterocycles. The molecule has 4 heteroatoms. The van der Waals surface area contributed by atoms with Gasteiger partial charge in [0, 0.05) is 12.6 Å². The summed E-state index contributed by atoms with van der Waals surface area (Å²) in [4.78, 5) is 11.5. The maximum Gasteiger partial charge on any atom is 0.237 e. The molecule has 84 valence electrons. The zero-order valence-electron chi connectivity index (χ0n) is 9.45. The van der Waals surface area contributed by atoms with E-state index in [4.69, 9.17) is 10.8 Å². The Morgan fingerprint density at radius 3 is 2.21 bits per heavy atom. The van der Waals surface area contributed by atoms with E-state index in [1.165, 1.54) is 0 Å². The van der Waals surface area contributed by atoms with Crippen LogP contribution in [0.25, 0.3) is 0 Å². The second-order valence-electron chi connectivity index (χ2n) is 4.23. The van der Waals surface area contributed by atoms with Gasteiger partial charge in [-0.2, -0.15) is 0 Å². The van der Waals surface area contributed by atoms with Gasteiger partial charge < -0.3 is 16.2 Å². The number of carbonyl (C=O) groups excluding carboxylic acids is 1. The molecule has 0 aliphatic rings. The van der Waals surface area contributed by atoms with Crippen molar-refractivity contribution in [2.24, 2.45) is 17.6 Å². The zero-order chi connectivity index (χ0) is 11.3. The number of hydrogen-bond donors (Lipinski definition) is 3. The minimum absolute atomic E-state index is 0.0442. The van der Waals surface area contributed by atoms with Gasteiger partial charge in [-0.15, -0.1) is 0 Å². The molecule has 14 heavy (non-hydrogen) atoms. The van der Waals surface area contributed by atoms with E-state index in [2.05, 4.69) is 5.32 Å². The molecule has 2 unspecified atom stereocenters. The Kier molecular flexibility index (Phi) is 5.72. The molecular weight excluding hydrogens is 180 g/mol. The van der Waals surface area contributed by atoms with Crippen molar-refractivity contribution in [3.63, 3.8) is 0 Å². The molecule has 1 amide bonds. The van der Waals surface area contributed by atoms with Gasteiger partial charge in [-0.1, -0.05) is 20.8 Å². The van der Waals surface area contributed by atoms with Crippen LogP contribution in [0, 0.1) is 11.8 Å². The van der Waals surface area contributed by atoms with Crippen molar-refractivity contribution in [2.45, 2.75) is 39.8 Å². The fraction of sp³-hybridized carbons (Fsp3) is 0.900. The van der Waals surface area contributed by atoms with Crippen molar-refractivity contribution in [2.75, 3.05) is 6.61 Å². The summed E-state index contributed by atoms with van der Waals surface area (Å²) in [6.45, 7) is 7.63. The highest BCUT2D eigenvalue weighted by Crippen LogP contribution is 2.03. The molecule has 0 rings (SSSR count). The number of aliphatic hydroxyl groups is 1. The number of aliphatic hydroxyl groups excluding tert-OH is 1. The van der Waals surface area contributed by atoms with Crippen LogP contribution < -0.4 is 11.1 Å². The maximum absolute atomic E-state index is 11.5. The number of hydrogen-bond acceptors (Lipinski definition) is 3. The first-order chi connectivity index (χ1) is 6.40. The molecule has 0 saturated carbocycles. The second-order valence-corrected chi connectivity index (χ2v) is 4.23. The fourth-order valence-electron chi connectivity index (χ4n) is 0.924. The molecule has 4 nitrogen and oxygen atoms in total. The van der Waals surface area contributed by atoms with Crippen molar-refractivity contribution in [1.82, 2.24) is 5.32 Å². The molecule has 4 N–H and O–H groups in total. The van der Waals surface area contributed by atoms with Gasteiger partial charge in [0.05, 0.1) is 6.04 Å². The summed E-state index contributed by atoms with van der Waals surface area (Å²) in [7, 11) is 0. The van der Waals surface area contributed by atoms with E-state index in [0.29, 0.717) is 0 Å². The first-order valence-electron chi connectivity index (χ1n) is 5.07. The summed E-state index contributed by atoms with van der Waals surface area (Å²) in [6.07, 6.45) is 0. The summed E-state index contributed by atoms with van der Waals surface area (Å²) >= 11 is 0. The van der Waals surface area contributed by atoms with Crippen LogP contribution in [0.4, 0.5) is 0 Å². The lowest BCUT2D eigenvalue weighted by molar-refractivity contribution is -0.124. The van der Waals surface area contributed by atoms with Crippen molar-refractivity contribution >= 4 is 5.91 Å². The second kappa shape index (κ2) is 5.98. The first kappa shape index (κ1) is 13.4. The van der Waals surface area contributed by atoms with E-state index in [1.807, 2.05) is 27.7 Å². The lowest BCUT2D eigenvalue weighted by Crippen LogP contribution is -2.49. The minimum atomic E-state index is -0.469. The van der Waals surface area contributed by atoms with E-state index in [1.54, 1.807) is 0 Å². The molecule has 0 fully saturated rings. The van der Waals surface area contributed by atoms with Gasteiger partial charge >= 0.3 is 0 Å². The van der Waals surface area contributed by atoms with Crippen LogP contribution in [0.2, 0.25) is 0 Å². The van der Waals surface area contributed by atoms with Gasteiger partial charge in [-0.25, -0.2) is 0 Å². The molecule has 3 atom stereocenters. The average Bonchev–Trinajstić information content (AvgIpc) is 2.14. The van der Waals surface area contributed by atoms with Crippen molar-refractivity contribution in [3.8, 4) is 0 Å². The minimum Gasteiger partial charge on any atom is -0.396 e. The quantitative estimate of drug-likeness (QED) is 0.592. The molecule has 0 aromatic rings. The fourth-order valence-corrected chi connectivity index (χ4v) is 0.924. The van der Waals surface area contributed by atoms with Crippen molar-refractivity contribution < 1.29 is 9.90 Å². The third-order valence-electron chi connectivity index (χ3n) is 2.53. The lowest BCUT2D eigenvalue weighted by atomic mass is 10.0. The highest BCUT2D eigenvalue weighted by Gasteiger charge is 2.20. The summed E-state index contributed by atoms with van der Waals surface area (Å²) in [5, 5.41) is 11.7. The van der Waals surface area contributed by atoms with Gasteiger partial charge in [0.25, 0.3) is 0 Å². The number of amides is 1. The van der Waals surface area contributed by atoms with Crippen LogP contribution in [0.3, 0.4) is 0 Å². The van der Waals surface area contributed by atoms with E-state index in [0.717, 1.165) is 0 Å².